The van der Waals surface area contributed by atoms with Crippen LogP contribution >= 0.6 is 23.5 Å². The van der Waals surface area contributed by atoms with E-state index in [1.165, 1.54) is 9.81 Å². The third-order valence-corrected chi connectivity index (χ3v) is 3.60. The maximum atomic E-state index is 3.71. The lowest BCUT2D eigenvalue weighted by atomic mass is 10.2. The lowest BCUT2D eigenvalue weighted by molar-refractivity contribution is 0.832. The third-order valence-electron chi connectivity index (χ3n) is 1.96. The number of thioether (sulfide) groups is 2. The summed E-state index contributed by atoms with van der Waals surface area (Å²) in [7, 11) is 0. The highest BCUT2D eigenvalue weighted by Gasteiger charge is 1.98. The standard InChI is InChI=1S/C17H24S2/c1-6-8-10-16(11-9-7-2)19-17(14-18-5)13-12-15(3)4/h6-15H,1H2,2-5H3/b9-7-,10-8-,13-12-,16-11+,17-14+. The predicted molar refractivity (Wildman–Crippen MR) is 95.4 cm³/mol. The van der Waals surface area contributed by atoms with Crippen LogP contribution in [0.5, 0.6) is 0 Å². The van der Waals surface area contributed by atoms with E-state index < -0.39 is 0 Å². The molecule has 104 valence electrons. The molecule has 0 saturated heterocycles. The molecule has 0 rings (SSSR count). The lowest BCUT2D eigenvalue weighted by Gasteiger charge is -2.04. The summed E-state index contributed by atoms with van der Waals surface area (Å²) in [6.45, 7) is 10.1. The van der Waals surface area contributed by atoms with Gasteiger partial charge < -0.3 is 0 Å². The van der Waals surface area contributed by atoms with Gasteiger partial charge in [-0.3, -0.25) is 0 Å². The lowest BCUT2D eigenvalue weighted by Crippen LogP contribution is -1.79. The highest BCUT2D eigenvalue weighted by atomic mass is 32.2. The molecule has 0 aliphatic rings. The summed E-state index contributed by atoms with van der Waals surface area (Å²) < 4.78 is 0. The molecule has 0 aliphatic carbocycles. The Morgan fingerprint density at radius 3 is 2.37 bits per heavy atom. The van der Waals surface area contributed by atoms with Gasteiger partial charge in [0.05, 0.1) is 0 Å². The molecule has 0 fully saturated rings. The molecule has 0 aromatic heterocycles. The Kier molecular flexibility index (Phi) is 11.6. The first-order valence-electron chi connectivity index (χ1n) is 6.35. The largest absolute Gasteiger partial charge is 0.136 e. The average molecular weight is 293 g/mol. The van der Waals surface area contributed by atoms with Crippen LogP contribution in [0.25, 0.3) is 0 Å². The van der Waals surface area contributed by atoms with Gasteiger partial charge in [0.1, 0.15) is 0 Å². The van der Waals surface area contributed by atoms with E-state index >= 15 is 0 Å². The van der Waals surface area contributed by atoms with E-state index in [0.29, 0.717) is 5.92 Å². The average Bonchev–Trinajstić information content (AvgIpc) is 2.39. The summed E-state index contributed by atoms with van der Waals surface area (Å²) in [4.78, 5) is 2.46. The summed E-state index contributed by atoms with van der Waals surface area (Å²) in [6, 6.07) is 0. The fourth-order valence-electron chi connectivity index (χ4n) is 1.11. The maximum absolute atomic E-state index is 3.71. The molecular formula is C17H24S2. The molecule has 0 saturated carbocycles. The second kappa shape index (κ2) is 12.2. The first-order valence-corrected chi connectivity index (χ1v) is 8.45. The Morgan fingerprint density at radius 2 is 1.84 bits per heavy atom. The van der Waals surface area contributed by atoms with Crippen molar-refractivity contribution in [3.63, 3.8) is 0 Å². The molecule has 0 amide bonds. The molecule has 0 atom stereocenters. The van der Waals surface area contributed by atoms with Crippen LogP contribution in [0, 0.1) is 5.92 Å². The first kappa shape index (κ1) is 18.1. The van der Waals surface area contributed by atoms with Crippen molar-refractivity contribution < 1.29 is 0 Å². The quantitative estimate of drug-likeness (QED) is 0.479. The Hall–Kier alpha value is -0.860. The van der Waals surface area contributed by atoms with Crippen LogP contribution in [-0.2, 0) is 0 Å². The van der Waals surface area contributed by atoms with E-state index in [1.54, 1.807) is 29.6 Å². The number of allylic oxidation sites excluding steroid dienone is 8. The number of hydrogen-bond acceptors (Lipinski definition) is 2. The van der Waals surface area contributed by atoms with Crippen molar-refractivity contribution in [3.8, 4) is 0 Å². The minimum atomic E-state index is 0.567. The highest BCUT2D eigenvalue weighted by molar-refractivity contribution is 8.08. The molecule has 0 aromatic rings. The number of rotatable bonds is 8. The molecule has 0 N–H and O–H groups in total. The van der Waals surface area contributed by atoms with Crippen LogP contribution in [0.3, 0.4) is 0 Å². The Bertz CT molecular complexity index is 393. The summed E-state index contributed by atoms with van der Waals surface area (Å²) in [5.41, 5.74) is 0. The molecule has 0 aliphatic heterocycles. The van der Waals surface area contributed by atoms with Gasteiger partial charge >= 0.3 is 0 Å². The van der Waals surface area contributed by atoms with E-state index in [2.05, 4.69) is 62.5 Å². The molecule has 0 aromatic carbocycles. The molecule has 0 bridgehead atoms. The summed E-state index contributed by atoms with van der Waals surface area (Å²) in [5, 5.41) is 2.18. The molecule has 0 radical (unpaired) electrons. The van der Waals surface area contributed by atoms with Gasteiger partial charge in [-0.25, -0.2) is 0 Å². The zero-order valence-electron chi connectivity index (χ0n) is 12.3. The van der Waals surface area contributed by atoms with Gasteiger partial charge in [-0.15, -0.1) is 11.8 Å². The van der Waals surface area contributed by atoms with E-state index in [0.717, 1.165) is 0 Å². The SMILES string of the molecule is C=C\C=C/C(=C\C=C/C)SC(/C=C\C(C)C)=C/SC. The van der Waals surface area contributed by atoms with Gasteiger partial charge in [0.15, 0.2) is 0 Å². The Labute approximate surface area is 127 Å². The molecule has 0 heterocycles. The van der Waals surface area contributed by atoms with Gasteiger partial charge in [0.25, 0.3) is 0 Å². The normalized spacial score (nSPS) is 14.4. The van der Waals surface area contributed by atoms with Crippen LogP contribution in [0.1, 0.15) is 20.8 Å². The number of hydrogen-bond donors (Lipinski definition) is 0. The minimum Gasteiger partial charge on any atom is -0.136 e. The molecular weight excluding hydrogens is 268 g/mol. The van der Waals surface area contributed by atoms with Gasteiger partial charge in [-0.05, 0) is 36.7 Å². The van der Waals surface area contributed by atoms with Crippen molar-refractivity contribution in [2.75, 3.05) is 6.26 Å². The van der Waals surface area contributed by atoms with Gasteiger partial charge in [-0.1, -0.05) is 68.6 Å². The topological polar surface area (TPSA) is 0 Å². The van der Waals surface area contributed by atoms with Crippen molar-refractivity contribution >= 4 is 23.5 Å². The highest BCUT2D eigenvalue weighted by Crippen LogP contribution is 2.29. The van der Waals surface area contributed by atoms with Gasteiger partial charge in [0.2, 0.25) is 0 Å². The zero-order valence-corrected chi connectivity index (χ0v) is 13.9. The third kappa shape index (κ3) is 10.7. The Morgan fingerprint density at radius 1 is 1.11 bits per heavy atom. The van der Waals surface area contributed by atoms with Gasteiger partial charge in [0, 0.05) is 9.81 Å². The van der Waals surface area contributed by atoms with Crippen LogP contribution in [0.2, 0.25) is 0 Å². The van der Waals surface area contributed by atoms with E-state index in [9.17, 15) is 0 Å². The molecule has 0 unspecified atom stereocenters. The monoisotopic (exact) mass is 292 g/mol. The second-order valence-electron chi connectivity index (χ2n) is 4.15. The van der Waals surface area contributed by atoms with E-state index in [1.807, 2.05) is 19.1 Å². The molecule has 2 heteroatoms. The second-order valence-corrected chi connectivity index (χ2v) is 6.00. The van der Waals surface area contributed by atoms with Crippen molar-refractivity contribution in [1.82, 2.24) is 0 Å². The van der Waals surface area contributed by atoms with Crippen LogP contribution in [-0.4, -0.2) is 6.26 Å². The maximum Gasteiger partial charge on any atom is 0.0182 e. The van der Waals surface area contributed by atoms with E-state index in [-0.39, 0.29) is 0 Å². The van der Waals surface area contributed by atoms with E-state index in [4.69, 9.17) is 0 Å². The van der Waals surface area contributed by atoms with Crippen LogP contribution < -0.4 is 0 Å². The minimum absolute atomic E-state index is 0.567. The van der Waals surface area contributed by atoms with Crippen molar-refractivity contribution in [2.24, 2.45) is 5.92 Å². The zero-order chi connectivity index (χ0) is 14.5. The fourth-order valence-corrected chi connectivity index (χ4v) is 2.62. The van der Waals surface area contributed by atoms with Crippen molar-refractivity contribution in [3.05, 3.63) is 70.4 Å². The molecule has 0 nitrogen and oxygen atoms in total. The summed E-state index contributed by atoms with van der Waals surface area (Å²) >= 11 is 3.49. The fraction of sp³-hybridized carbons (Fsp3) is 0.294. The summed E-state index contributed by atoms with van der Waals surface area (Å²) in [5.74, 6) is 0.567. The summed E-state index contributed by atoms with van der Waals surface area (Å²) in [6.07, 6.45) is 18.5. The van der Waals surface area contributed by atoms with Crippen LogP contribution in [0.15, 0.2) is 70.4 Å². The molecule has 19 heavy (non-hydrogen) atoms. The predicted octanol–water partition coefficient (Wildman–Crippen LogP) is 6.34. The smallest absolute Gasteiger partial charge is 0.0182 e. The Balaban J connectivity index is 4.99. The van der Waals surface area contributed by atoms with Crippen LogP contribution in [0.4, 0.5) is 0 Å². The first-order chi connectivity index (χ1) is 9.13. The van der Waals surface area contributed by atoms with Gasteiger partial charge in [-0.2, -0.15) is 0 Å². The van der Waals surface area contributed by atoms with Crippen molar-refractivity contribution in [1.29, 1.82) is 0 Å². The molecule has 0 spiro atoms. The van der Waals surface area contributed by atoms with Crippen molar-refractivity contribution in [2.45, 2.75) is 20.8 Å².